The first-order chi connectivity index (χ1) is 9.04. The molecule has 2 aromatic carbocycles. The fourth-order valence-electron chi connectivity index (χ4n) is 1.78. The molecule has 4 heteroatoms. The van der Waals surface area contributed by atoms with E-state index in [0.29, 0.717) is 5.75 Å². The summed E-state index contributed by atoms with van der Waals surface area (Å²) in [4.78, 5) is 0. The SMILES string of the molecule is CC(O)Oc1ccc(Cc2cc(Br)ccc2Cl)cc1. The molecule has 1 unspecified atom stereocenters. The van der Waals surface area contributed by atoms with E-state index >= 15 is 0 Å². The number of hydrogen-bond acceptors (Lipinski definition) is 2. The highest BCUT2D eigenvalue weighted by Gasteiger charge is 2.04. The minimum Gasteiger partial charge on any atom is -0.465 e. The third kappa shape index (κ3) is 4.23. The van der Waals surface area contributed by atoms with E-state index in [2.05, 4.69) is 15.9 Å². The molecule has 19 heavy (non-hydrogen) atoms. The van der Waals surface area contributed by atoms with Crippen molar-refractivity contribution in [1.29, 1.82) is 0 Å². The second kappa shape index (κ2) is 6.42. The van der Waals surface area contributed by atoms with Crippen molar-refractivity contribution in [2.24, 2.45) is 0 Å². The van der Waals surface area contributed by atoms with E-state index in [1.165, 1.54) is 0 Å². The number of benzene rings is 2. The first-order valence-corrected chi connectivity index (χ1v) is 7.09. The number of ether oxygens (including phenoxy) is 1. The summed E-state index contributed by atoms with van der Waals surface area (Å²) in [5.74, 6) is 0.652. The van der Waals surface area contributed by atoms with Gasteiger partial charge in [-0.15, -0.1) is 0 Å². The van der Waals surface area contributed by atoms with E-state index in [0.717, 1.165) is 27.0 Å². The summed E-state index contributed by atoms with van der Waals surface area (Å²) in [6.07, 6.45) is -0.0434. The number of aliphatic hydroxyl groups excluding tert-OH is 1. The van der Waals surface area contributed by atoms with Crippen LogP contribution in [0, 0.1) is 0 Å². The maximum absolute atomic E-state index is 9.13. The second-order valence-corrected chi connectivity index (χ2v) is 5.60. The van der Waals surface area contributed by atoms with Crippen molar-refractivity contribution in [1.82, 2.24) is 0 Å². The molecule has 2 aromatic rings. The molecule has 0 radical (unpaired) electrons. The van der Waals surface area contributed by atoms with Crippen molar-refractivity contribution >= 4 is 27.5 Å². The lowest BCUT2D eigenvalue weighted by Crippen LogP contribution is -2.09. The fourth-order valence-corrected chi connectivity index (χ4v) is 2.37. The zero-order chi connectivity index (χ0) is 13.8. The van der Waals surface area contributed by atoms with Gasteiger partial charge in [-0.2, -0.15) is 0 Å². The molecule has 0 fully saturated rings. The topological polar surface area (TPSA) is 29.5 Å². The Morgan fingerprint density at radius 3 is 2.53 bits per heavy atom. The van der Waals surface area contributed by atoms with Crippen LogP contribution in [0.1, 0.15) is 18.1 Å². The largest absolute Gasteiger partial charge is 0.465 e. The van der Waals surface area contributed by atoms with Gasteiger partial charge in [-0.05, 0) is 54.8 Å². The number of hydrogen-bond donors (Lipinski definition) is 1. The van der Waals surface area contributed by atoms with Crippen LogP contribution in [0.3, 0.4) is 0 Å². The van der Waals surface area contributed by atoms with E-state index in [1.54, 1.807) is 6.92 Å². The maximum atomic E-state index is 9.13. The Morgan fingerprint density at radius 2 is 1.89 bits per heavy atom. The maximum Gasteiger partial charge on any atom is 0.194 e. The summed E-state index contributed by atoms with van der Waals surface area (Å²) in [7, 11) is 0. The fraction of sp³-hybridized carbons (Fsp3) is 0.200. The first-order valence-electron chi connectivity index (χ1n) is 5.92. The molecule has 2 nitrogen and oxygen atoms in total. The molecule has 0 amide bonds. The molecule has 0 aliphatic rings. The molecule has 2 rings (SSSR count). The molecule has 0 bridgehead atoms. The van der Waals surface area contributed by atoms with Crippen LogP contribution < -0.4 is 4.74 Å². The van der Waals surface area contributed by atoms with Gasteiger partial charge in [-0.25, -0.2) is 0 Å². The van der Waals surface area contributed by atoms with Gasteiger partial charge >= 0.3 is 0 Å². The summed E-state index contributed by atoms with van der Waals surface area (Å²) in [5.41, 5.74) is 2.21. The molecule has 1 N–H and O–H groups in total. The van der Waals surface area contributed by atoms with Gasteiger partial charge in [0.2, 0.25) is 0 Å². The van der Waals surface area contributed by atoms with Gasteiger partial charge in [-0.3, -0.25) is 0 Å². The monoisotopic (exact) mass is 340 g/mol. The van der Waals surface area contributed by atoms with Gasteiger partial charge in [-0.1, -0.05) is 39.7 Å². The third-order valence-corrected chi connectivity index (χ3v) is 3.49. The van der Waals surface area contributed by atoms with Crippen LogP contribution in [0.25, 0.3) is 0 Å². The number of halogens is 2. The van der Waals surface area contributed by atoms with Gasteiger partial charge in [0.15, 0.2) is 6.29 Å². The molecule has 0 saturated carbocycles. The van der Waals surface area contributed by atoms with E-state index in [9.17, 15) is 0 Å². The standard InChI is InChI=1S/C15H14BrClO2/c1-10(18)19-14-5-2-11(3-6-14)8-12-9-13(16)4-7-15(12)17/h2-7,9-10,18H,8H2,1H3. The van der Waals surface area contributed by atoms with E-state index in [-0.39, 0.29) is 0 Å². The van der Waals surface area contributed by atoms with Crippen molar-refractivity contribution in [3.8, 4) is 5.75 Å². The van der Waals surface area contributed by atoms with Gasteiger partial charge in [0.05, 0.1) is 0 Å². The molecule has 100 valence electrons. The molecule has 0 aromatic heterocycles. The van der Waals surface area contributed by atoms with E-state index in [1.807, 2.05) is 42.5 Å². The zero-order valence-electron chi connectivity index (χ0n) is 10.4. The van der Waals surface area contributed by atoms with Crippen LogP contribution in [0.2, 0.25) is 5.02 Å². The second-order valence-electron chi connectivity index (χ2n) is 4.27. The molecule has 0 saturated heterocycles. The Kier molecular flexibility index (Phi) is 4.86. The predicted octanol–water partition coefficient (Wildman–Crippen LogP) is 4.41. The molecular formula is C15H14BrClO2. The quantitative estimate of drug-likeness (QED) is 0.835. The lowest BCUT2D eigenvalue weighted by atomic mass is 10.1. The lowest BCUT2D eigenvalue weighted by Gasteiger charge is -2.10. The van der Waals surface area contributed by atoms with Crippen molar-refractivity contribution in [2.45, 2.75) is 19.6 Å². The van der Waals surface area contributed by atoms with Crippen molar-refractivity contribution in [3.05, 3.63) is 63.1 Å². The van der Waals surface area contributed by atoms with Crippen LogP contribution in [0.4, 0.5) is 0 Å². The Bertz CT molecular complexity index is 553. The van der Waals surface area contributed by atoms with Gasteiger partial charge < -0.3 is 9.84 Å². The molecular weight excluding hydrogens is 328 g/mol. The molecule has 0 spiro atoms. The first kappa shape index (κ1) is 14.4. The van der Waals surface area contributed by atoms with Crippen LogP contribution >= 0.6 is 27.5 Å². The van der Waals surface area contributed by atoms with Crippen LogP contribution in [0.15, 0.2) is 46.9 Å². The Hall–Kier alpha value is -1.03. The summed E-state index contributed by atoms with van der Waals surface area (Å²) in [6.45, 7) is 1.58. The summed E-state index contributed by atoms with van der Waals surface area (Å²) in [6, 6.07) is 13.4. The molecule has 0 aliphatic carbocycles. The normalized spacial score (nSPS) is 12.2. The van der Waals surface area contributed by atoms with Crippen LogP contribution in [-0.4, -0.2) is 11.4 Å². The average molecular weight is 342 g/mol. The van der Waals surface area contributed by atoms with Crippen LogP contribution in [0.5, 0.6) is 5.75 Å². The number of aliphatic hydroxyl groups is 1. The van der Waals surface area contributed by atoms with Gasteiger partial charge in [0.25, 0.3) is 0 Å². The third-order valence-electron chi connectivity index (χ3n) is 2.63. The number of rotatable bonds is 4. The zero-order valence-corrected chi connectivity index (χ0v) is 12.8. The predicted molar refractivity (Wildman–Crippen MR) is 80.7 cm³/mol. The highest BCUT2D eigenvalue weighted by Crippen LogP contribution is 2.24. The Balaban J connectivity index is 2.13. The Morgan fingerprint density at radius 1 is 1.21 bits per heavy atom. The Labute approximate surface area is 126 Å². The summed E-state index contributed by atoms with van der Waals surface area (Å²) >= 11 is 9.61. The molecule has 0 heterocycles. The lowest BCUT2D eigenvalue weighted by molar-refractivity contribution is -0.000301. The van der Waals surface area contributed by atoms with E-state index < -0.39 is 6.29 Å². The smallest absolute Gasteiger partial charge is 0.194 e. The minimum atomic E-state index is -0.801. The highest BCUT2D eigenvalue weighted by molar-refractivity contribution is 9.10. The minimum absolute atomic E-state index is 0.652. The van der Waals surface area contributed by atoms with Crippen LogP contribution in [-0.2, 0) is 6.42 Å². The van der Waals surface area contributed by atoms with Gasteiger partial charge in [0, 0.05) is 9.50 Å². The summed E-state index contributed by atoms with van der Waals surface area (Å²) < 4.78 is 6.20. The van der Waals surface area contributed by atoms with E-state index in [4.69, 9.17) is 21.4 Å². The summed E-state index contributed by atoms with van der Waals surface area (Å²) in [5, 5.41) is 9.89. The molecule has 1 atom stereocenters. The average Bonchev–Trinajstić information content (AvgIpc) is 2.35. The van der Waals surface area contributed by atoms with Crippen molar-refractivity contribution in [2.75, 3.05) is 0 Å². The highest BCUT2D eigenvalue weighted by atomic mass is 79.9. The molecule has 0 aliphatic heterocycles. The van der Waals surface area contributed by atoms with Crippen molar-refractivity contribution in [3.63, 3.8) is 0 Å². The van der Waals surface area contributed by atoms with Crippen molar-refractivity contribution < 1.29 is 9.84 Å². The van der Waals surface area contributed by atoms with Gasteiger partial charge in [0.1, 0.15) is 5.75 Å².